The average molecular weight is 390 g/mol. The first-order valence-electron chi connectivity index (χ1n) is 10.2. The van der Waals surface area contributed by atoms with Crippen molar-refractivity contribution in [1.82, 2.24) is 20.1 Å². The van der Waals surface area contributed by atoms with Crippen molar-refractivity contribution in [3.05, 3.63) is 59.0 Å². The Morgan fingerprint density at radius 1 is 1.17 bits per heavy atom. The number of benzene rings is 1. The summed E-state index contributed by atoms with van der Waals surface area (Å²) in [6.45, 7) is 0. The number of amides is 1. The molecular weight excluding hydrogens is 368 g/mol. The minimum Gasteiger partial charge on any atom is -0.422 e. The van der Waals surface area contributed by atoms with E-state index in [2.05, 4.69) is 15.4 Å². The van der Waals surface area contributed by atoms with Crippen molar-refractivity contribution in [3.8, 4) is 0 Å². The molecule has 29 heavy (non-hydrogen) atoms. The second-order valence-electron chi connectivity index (χ2n) is 9.25. The second-order valence-corrected chi connectivity index (χ2v) is 9.25. The summed E-state index contributed by atoms with van der Waals surface area (Å²) in [5, 5.41) is 8.48. The van der Waals surface area contributed by atoms with Crippen LogP contribution in [0.15, 0.2) is 52.2 Å². The molecule has 0 saturated heterocycles. The molecule has 4 saturated carbocycles. The Labute approximate surface area is 167 Å². The quantitative estimate of drug-likeness (QED) is 0.695. The summed E-state index contributed by atoms with van der Waals surface area (Å²) in [4.78, 5) is 29.8. The summed E-state index contributed by atoms with van der Waals surface area (Å²) in [5.74, 6) is 0.794. The SMILES string of the molecule is O=C(NC12CC3CC(C1)CC(n1cncn1)(C3)C2)c1cc2ccccc2oc1=O. The second kappa shape index (κ2) is 5.78. The molecule has 0 spiro atoms. The van der Waals surface area contributed by atoms with Crippen molar-refractivity contribution in [1.29, 1.82) is 0 Å². The highest BCUT2D eigenvalue weighted by atomic mass is 16.4. The van der Waals surface area contributed by atoms with E-state index in [1.807, 2.05) is 22.9 Å². The lowest BCUT2D eigenvalue weighted by Gasteiger charge is -2.61. The van der Waals surface area contributed by atoms with E-state index in [1.54, 1.807) is 24.8 Å². The Bertz CT molecular complexity index is 1150. The zero-order chi connectivity index (χ0) is 19.6. The predicted octanol–water partition coefficient (Wildman–Crippen LogP) is 2.86. The van der Waals surface area contributed by atoms with Gasteiger partial charge in [-0.05, 0) is 62.5 Å². The van der Waals surface area contributed by atoms with Crippen LogP contribution in [0.2, 0.25) is 0 Å². The van der Waals surface area contributed by atoms with Gasteiger partial charge in [-0.1, -0.05) is 18.2 Å². The highest BCUT2D eigenvalue weighted by Crippen LogP contribution is 2.60. The van der Waals surface area contributed by atoms with Crippen LogP contribution in [0.4, 0.5) is 0 Å². The molecule has 0 radical (unpaired) electrons. The zero-order valence-electron chi connectivity index (χ0n) is 16.0. The van der Waals surface area contributed by atoms with Gasteiger partial charge < -0.3 is 9.73 Å². The van der Waals surface area contributed by atoms with Gasteiger partial charge in [0.1, 0.15) is 23.8 Å². The van der Waals surface area contributed by atoms with E-state index < -0.39 is 5.63 Å². The van der Waals surface area contributed by atoms with Crippen molar-refractivity contribution < 1.29 is 9.21 Å². The molecule has 7 nitrogen and oxygen atoms in total. The van der Waals surface area contributed by atoms with Gasteiger partial charge in [-0.25, -0.2) is 14.5 Å². The van der Waals surface area contributed by atoms with Gasteiger partial charge in [-0.2, -0.15) is 5.10 Å². The van der Waals surface area contributed by atoms with Crippen molar-refractivity contribution in [2.45, 2.75) is 49.6 Å². The van der Waals surface area contributed by atoms with Crippen LogP contribution < -0.4 is 10.9 Å². The Morgan fingerprint density at radius 3 is 2.72 bits per heavy atom. The topological polar surface area (TPSA) is 90.0 Å². The maximum absolute atomic E-state index is 13.2. The van der Waals surface area contributed by atoms with Crippen LogP contribution in [-0.4, -0.2) is 26.2 Å². The highest BCUT2D eigenvalue weighted by molar-refractivity contribution is 5.97. The number of nitrogens with one attached hydrogen (secondary N) is 1. The van der Waals surface area contributed by atoms with E-state index in [9.17, 15) is 9.59 Å². The molecule has 7 rings (SSSR count). The molecule has 2 aromatic heterocycles. The number of carbonyl (C=O) groups is 1. The third-order valence-electron chi connectivity index (χ3n) is 7.20. The average Bonchev–Trinajstić information content (AvgIpc) is 3.21. The fraction of sp³-hybridized carbons (Fsp3) is 0.455. The van der Waals surface area contributed by atoms with Gasteiger partial charge in [0.25, 0.3) is 5.91 Å². The maximum atomic E-state index is 13.2. The number of carbonyl (C=O) groups excluding carboxylic acids is 1. The third kappa shape index (κ3) is 2.56. The van der Waals surface area contributed by atoms with E-state index >= 15 is 0 Å². The van der Waals surface area contributed by atoms with Gasteiger partial charge >= 0.3 is 5.63 Å². The normalized spacial score (nSPS) is 32.6. The molecular formula is C22H22N4O3. The van der Waals surface area contributed by atoms with Crippen LogP contribution in [0.25, 0.3) is 11.0 Å². The minimum absolute atomic E-state index is 0.0780. The first-order chi connectivity index (χ1) is 14.0. The van der Waals surface area contributed by atoms with Crippen LogP contribution in [0.1, 0.15) is 48.9 Å². The number of rotatable bonds is 3. The summed E-state index contributed by atoms with van der Waals surface area (Å²) < 4.78 is 7.38. The standard InChI is InChI=1S/C22H22N4O3/c27-19(17-6-16-3-1-2-4-18(16)29-20(17)28)25-21-7-14-5-15(8-21)10-22(9-14,11-21)26-13-23-12-24-26/h1-4,6,12-15H,5,7-11H2,(H,25,27). The van der Waals surface area contributed by atoms with Crippen LogP contribution in [0.3, 0.4) is 0 Å². The Kier molecular flexibility index (Phi) is 3.38. The smallest absolute Gasteiger partial charge is 0.349 e. The highest BCUT2D eigenvalue weighted by Gasteiger charge is 2.59. The maximum Gasteiger partial charge on any atom is 0.349 e. The minimum atomic E-state index is -0.586. The molecule has 148 valence electrons. The molecule has 0 aliphatic heterocycles. The Balaban J connectivity index is 1.35. The van der Waals surface area contributed by atoms with Crippen LogP contribution in [-0.2, 0) is 5.54 Å². The molecule has 1 amide bonds. The molecule has 2 atom stereocenters. The van der Waals surface area contributed by atoms with Crippen molar-refractivity contribution in [3.63, 3.8) is 0 Å². The molecule has 2 heterocycles. The van der Waals surface area contributed by atoms with E-state index in [0.29, 0.717) is 17.4 Å². The van der Waals surface area contributed by atoms with Gasteiger partial charge in [0.2, 0.25) is 0 Å². The lowest BCUT2D eigenvalue weighted by molar-refractivity contribution is -0.0744. The first-order valence-corrected chi connectivity index (χ1v) is 10.2. The van der Waals surface area contributed by atoms with Crippen molar-refractivity contribution in [2.24, 2.45) is 11.8 Å². The largest absolute Gasteiger partial charge is 0.422 e. The fourth-order valence-electron chi connectivity index (χ4n) is 6.61. The molecule has 2 unspecified atom stereocenters. The predicted molar refractivity (Wildman–Crippen MR) is 105 cm³/mol. The van der Waals surface area contributed by atoms with Crippen molar-refractivity contribution >= 4 is 16.9 Å². The number of para-hydroxylation sites is 1. The first kappa shape index (κ1) is 16.9. The molecule has 4 aliphatic carbocycles. The van der Waals surface area contributed by atoms with E-state index in [1.165, 1.54) is 6.42 Å². The molecule has 3 aromatic rings. The summed E-state index contributed by atoms with van der Waals surface area (Å²) in [5.41, 5.74) is -0.396. The molecule has 1 aromatic carbocycles. The monoisotopic (exact) mass is 390 g/mol. The zero-order valence-corrected chi connectivity index (χ0v) is 16.0. The van der Waals surface area contributed by atoms with Crippen LogP contribution in [0.5, 0.6) is 0 Å². The van der Waals surface area contributed by atoms with E-state index in [0.717, 1.165) is 37.5 Å². The van der Waals surface area contributed by atoms with E-state index in [4.69, 9.17) is 4.42 Å². The number of fused-ring (bicyclic) bond motifs is 1. The molecule has 4 fully saturated rings. The van der Waals surface area contributed by atoms with Gasteiger partial charge in [-0.3, -0.25) is 4.79 Å². The van der Waals surface area contributed by atoms with Gasteiger partial charge in [0.05, 0.1) is 5.54 Å². The summed E-state index contributed by atoms with van der Waals surface area (Å²) in [7, 11) is 0. The van der Waals surface area contributed by atoms with Crippen LogP contribution >= 0.6 is 0 Å². The van der Waals surface area contributed by atoms with Gasteiger partial charge in [0.15, 0.2) is 0 Å². The molecule has 7 heteroatoms. The summed E-state index contributed by atoms with van der Waals surface area (Å²) >= 11 is 0. The Hall–Kier alpha value is -2.96. The summed E-state index contributed by atoms with van der Waals surface area (Å²) in [6, 6.07) is 8.90. The number of hydrogen-bond donors (Lipinski definition) is 1. The fourth-order valence-corrected chi connectivity index (χ4v) is 6.61. The molecule has 1 N–H and O–H groups in total. The number of aromatic nitrogens is 3. The third-order valence-corrected chi connectivity index (χ3v) is 7.20. The molecule has 4 bridgehead atoms. The van der Waals surface area contributed by atoms with E-state index in [-0.39, 0.29) is 22.5 Å². The summed E-state index contributed by atoms with van der Waals surface area (Å²) in [6.07, 6.45) is 9.54. The van der Waals surface area contributed by atoms with Gasteiger partial charge in [-0.15, -0.1) is 0 Å². The lowest BCUT2D eigenvalue weighted by Crippen LogP contribution is -2.66. The van der Waals surface area contributed by atoms with Gasteiger partial charge in [0, 0.05) is 10.9 Å². The van der Waals surface area contributed by atoms with Crippen LogP contribution in [0, 0.1) is 11.8 Å². The molecule has 4 aliphatic rings. The van der Waals surface area contributed by atoms with Crippen molar-refractivity contribution in [2.75, 3.05) is 0 Å². The number of nitrogens with zero attached hydrogens (tertiary/aromatic N) is 3. The Morgan fingerprint density at radius 2 is 1.97 bits per heavy atom. The number of hydrogen-bond acceptors (Lipinski definition) is 5. The lowest BCUT2D eigenvalue weighted by atomic mass is 9.50.